The largest absolute Gasteiger partial charge is 0.461 e. The van der Waals surface area contributed by atoms with Crippen molar-refractivity contribution in [3.63, 3.8) is 0 Å². The molecule has 0 fully saturated rings. The Hall–Kier alpha value is -1.28. The Morgan fingerprint density at radius 1 is 1.44 bits per heavy atom. The summed E-state index contributed by atoms with van der Waals surface area (Å²) in [5.41, 5.74) is 2.00. The van der Waals surface area contributed by atoms with E-state index in [2.05, 4.69) is 0 Å². The summed E-state index contributed by atoms with van der Waals surface area (Å²) in [5.74, 6) is -0.265. The van der Waals surface area contributed by atoms with Gasteiger partial charge in [-0.15, -0.1) is 0 Å². The fraction of sp³-hybridized carbons (Fsp3) is 0.308. The number of carbonyl (C=O) groups is 1. The Kier molecular flexibility index (Phi) is 5.06. The third-order valence-electron chi connectivity index (χ3n) is 2.18. The second kappa shape index (κ2) is 6.33. The highest BCUT2D eigenvalue weighted by Crippen LogP contribution is 2.19. The van der Waals surface area contributed by atoms with E-state index in [9.17, 15) is 4.79 Å². The zero-order valence-corrected chi connectivity index (χ0v) is 10.3. The van der Waals surface area contributed by atoms with Crippen LogP contribution in [0.4, 0.5) is 0 Å². The van der Waals surface area contributed by atoms with Gasteiger partial charge in [0.2, 0.25) is 0 Å². The van der Waals surface area contributed by atoms with E-state index in [1.807, 2.05) is 37.3 Å². The lowest BCUT2D eigenvalue weighted by molar-refractivity contribution is -0.139. The van der Waals surface area contributed by atoms with Gasteiger partial charge in [-0.1, -0.05) is 42.8 Å². The van der Waals surface area contributed by atoms with Crippen molar-refractivity contribution < 1.29 is 9.53 Å². The van der Waals surface area contributed by atoms with Gasteiger partial charge in [0.25, 0.3) is 0 Å². The Bertz CT molecular complexity index is 397. The van der Waals surface area contributed by atoms with Gasteiger partial charge in [0.15, 0.2) is 0 Å². The van der Waals surface area contributed by atoms with E-state index in [0.717, 1.165) is 17.6 Å². The third kappa shape index (κ3) is 4.07. The quantitative estimate of drug-likeness (QED) is 0.748. The van der Waals surface area contributed by atoms with E-state index in [4.69, 9.17) is 16.3 Å². The second-order valence-corrected chi connectivity index (χ2v) is 3.87. The van der Waals surface area contributed by atoms with E-state index in [1.54, 1.807) is 0 Å². The molecule has 2 nitrogen and oxygen atoms in total. The summed E-state index contributed by atoms with van der Waals surface area (Å²) in [6.45, 7) is 3.76. The molecule has 0 aliphatic rings. The maximum Gasteiger partial charge on any atom is 0.302 e. The molecule has 16 heavy (non-hydrogen) atoms. The van der Waals surface area contributed by atoms with Crippen molar-refractivity contribution in [2.24, 2.45) is 0 Å². The molecule has 0 amide bonds. The van der Waals surface area contributed by atoms with Crippen LogP contribution in [0.3, 0.4) is 0 Å². The molecule has 86 valence electrons. The molecule has 0 aromatic heterocycles. The van der Waals surface area contributed by atoms with Crippen LogP contribution < -0.4 is 0 Å². The lowest BCUT2D eigenvalue weighted by Crippen LogP contribution is -2.02. The molecule has 0 aliphatic carbocycles. The number of esters is 1. The summed E-state index contributed by atoms with van der Waals surface area (Å²) in [6.07, 6.45) is 2.80. The standard InChI is InChI=1S/C13H15ClO2/c1-3-11(9-16-10(2)15)8-12-6-4-5-7-13(12)14/h4-8H,3,9H2,1-2H3. The summed E-state index contributed by atoms with van der Waals surface area (Å²) in [5, 5.41) is 0.705. The molecule has 0 saturated heterocycles. The highest BCUT2D eigenvalue weighted by Gasteiger charge is 2.01. The normalized spacial score (nSPS) is 11.3. The minimum atomic E-state index is -0.265. The van der Waals surface area contributed by atoms with Gasteiger partial charge in [0.1, 0.15) is 6.61 Å². The van der Waals surface area contributed by atoms with Crippen molar-refractivity contribution in [1.29, 1.82) is 0 Å². The van der Waals surface area contributed by atoms with E-state index in [1.165, 1.54) is 6.92 Å². The van der Waals surface area contributed by atoms with Crippen LogP contribution in [0.5, 0.6) is 0 Å². The predicted molar refractivity (Wildman–Crippen MR) is 66.4 cm³/mol. The number of carbonyl (C=O) groups excluding carboxylic acids is 1. The number of halogens is 1. The fourth-order valence-corrected chi connectivity index (χ4v) is 1.44. The van der Waals surface area contributed by atoms with E-state index < -0.39 is 0 Å². The van der Waals surface area contributed by atoms with Crippen molar-refractivity contribution in [2.75, 3.05) is 6.61 Å². The zero-order chi connectivity index (χ0) is 12.0. The van der Waals surface area contributed by atoms with Crippen LogP contribution in [0, 0.1) is 0 Å². The van der Waals surface area contributed by atoms with E-state index in [0.29, 0.717) is 11.6 Å². The first-order valence-electron chi connectivity index (χ1n) is 5.20. The molecule has 0 heterocycles. The molecule has 1 aromatic rings. The first-order chi connectivity index (χ1) is 7.63. The van der Waals surface area contributed by atoms with Crippen molar-refractivity contribution >= 4 is 23.6 Å². The zero-order valence-electron chi connectivity index (χ0n) is 9.50. The molecular formula is C13H15ClO2. The van der Waals surface area contributed by atoms with Gasteiger partial charge in [-0.3, -0.25) is 4.79 Å². The second-order valence-electron chi connectivity index (χ2n) is 3.46. The fourth-order valence-electron chi connectivity index (χ4n) is 1.25. The average Bonchev–Trinajstić information content (AvgIpc) is 2.26. The van der Waals surface area contributed by atoms with Crippen LogP contribution in [0.1, 0.15) is 25.8 Å². The van der Waals surface area contributed by atoms with Gasteiger partial charge in [0.05, 0.1) is 0 Å². The Morgan fingerprint density at radius 3 is 2.69 bits per heavy atom. The van der Waals surface area contributed by atoms with Gasteiger partial charge >= 0.3 is 5.97 Å². The average molecular weight is 239 g/mol. The lowest BCUT2D eigenvalue weighted by atomic mass is 10.1. The van der Waals surface area contributed by atoms with Gasteiger partial charge in [0, 0.05) is 11.9 Å². The molecule has 0 spiro atoms. The van der Waals surface area contributed by atoms with Crippen LogP contribution in [-0.2, 0) is 9.53 Å². The minimum Gasteiger partial charge on any atom is -0.461 e. The Labute approximate surface area is 101 Å². The molecule has 0 unspecified atom stereocenters. The maximum absolute atomic E-state index is 10.7. The number of rotatable bonds is 4. The van der Waals surface area contributed by atoms with Crippen LogP contribution >= 0.6 is 11.6 Å². The molecule has 1 aromatic carbocycles. The van der Waals surface area contributed by atoms with Crippen LogP contribution in [0.25, 0.3) is 6.08 Å². The molecule has 3 heteroatoms. The topological polar surface area (TPSA) is 26.3 Å². The SMILES string of the molecule is CCC(=Cc1ccccc1Cl)COC(C)=O. The molecular weight excluding hydrogens is 224 g/mol. The molecule has 0 bridgehead atoms. The molecule has 0 radical (unpaired) electrons. The highest BCUT2D eigenvalue weighted by atomic mass is 35.5. The van der Waals surface area contributed by atoms with E-state index >= 15 is 0 Å². The smallest absolute Gasteiger partial charge is 0.302 e. The predicted octanol–water partition coefficient (Wildman–Crippen LogP) is 3.70. The van der Waals surface area contributed by atoms with Crippen molar-refractivity contribution in [1.82, 2.24) is 0 Å². The summed E-state index contributed by atoms with van der Waals surface area (Å²) in [4.78, 5) is 10.7. The van der Waals surface area contributed by atoms with Crippen LogP contribution in [0.2, 0.25) is 5.02 Å². The van der Waals surface area contributed by atoms with Crippen molar-refractivity contribution in [3.05, 3.63) is 40.4 Å². The molecule has 0 N–H and O–H groups in total. The van der Waals surface area contributed by atoms with Gasteiger partial charge in [-0.25, -0.2) is 0 Å². The summed E-state index contributed by atoms with van der Waals surface area (Å²) in [6, 6.07) is 7.59. The molecule has 0 atom stereocenters. The minimum absolute atomic E-state index is 0.265. The Morgan fingerprint density at radius 2 is 2.12 bits per heavy atom. The third-order valence-corrected chi connectivity index (χ3v) is 2.52. The number of benzene rings is 1. The monoisotopic (exact) mass is 238 g/mol. The highest BCUT2D eigenvalue weighted by molar-refractivity contribution is 6.32. The maximum atomic E-state index is 10.7. The Balaban J connectivity index is 2.79. The van der Waals surface area contributed by atoms with E-state index in [-0.39, 0.29) is 5.97 Å². The number of hydrogen-bond acceptors (Lipinski definition) is 2. The van der Waals surface area contributed by atoms with Gasteiger partial charge in [-0.2, -0.15) is 0 Å². The number of ether oxygens (including phenoxy) is 1. The first-order valence-corrected chi connectivity index (χ1v) is 5.58. The van der Waals surface area contributed by atoms with Crippen LogP contribution in [-0.4, -0.2) is 12.6 Å². The van der Waals surface area contributed by atoms with Crippen molar-refractivity contribution in [2.45, 2.75) is 20.3 Å². The first kappa shape index (κ1) is 12.8. The van der Waals surface area contributed by atoms with Crippen molar-refractivity contribution in [3.8, 4) is 0 Å². The van der Waals surface area contributed by atoms with Crippen LogP contribution in [0.15, 0.2) is 29.8 Å². The number of hydrogen-bond donors (Lipinski definition) is 0. The molecule has 0 aliphatic heterocycles. The van der Waals surface area contributed by atoms with Gasteiger partial charge in [-0.05, 0) is 23.6 Å². The summed E-state index contributed by atoms with van der Waals surface area (Å²) < 4.78 is 4.96. The molecule has 0 saturated carbocycles. The summed E-state index contributed by atoms with van der Waals surface area (Å²) >= 11 is 6.04. The summed E-state index contributed by atoms with van der Waals surface area (Å²) in [7, 11) is 0. The molecule has 1 rings (SSSR count). The van der Waals surface area contributed by atoms with Gasteiger partial charge < -0.3 is 4.74 Å². The lowest BCUT2D eigenvalue weighted by Gasteiger charge is -2.06.